The Morgan fingerprint density at radius 1 is 1.75 bits per heavy atom. The molecule has 1 saturated heterocycles. The molecule has 0 aromatic carbocycles. The number of hydrogen-bond acceptors (Lipinski definition) is 2. The van der Waals surface area contributed by atoms with E-state index in [2.05, 4.69) is 32.9 Å². The van der Waals surface area contributed by atoms with Gasteiger partial charge in [0.2, 0.25) is 0 Å². The molecule has 0 bridgehead atoms. The zero-order valence-corrected chi connectivity index (χ0v) is 7.09. The molecule has 0 spiro atoms. The van der Waals surface area contributed by atoms with Crippen molar-refractivity contribution in [3.05, 3.63) is 0 Å². The maximum absolute atomic E-state index is 5.21. The molecule has 0 saturated carbocycles. The van der Waals surface area contributed by atoms with Crippen LogP contribution in [-0.4, -0.2) is 28.9 Å². The van der Waals surface area contributed by atoms with Crippen LogP contribution >= 0.6 is 22.9 Å². The molecule has 1 atom stereocenters. The molecule has 2 nitrogen and oxygen atoms in total. The Bertz CT molecular complexity index is 68.8. The number of ether oxygens (including phenoxy) is 1. The van der Waals surface area contributed by atoms with Crippen LogP contribution in [0.4, 0.5) is 0 Å². The van der Waals surface area contributed by atoms with Gasteiger partial charge in [-0.3, -0.25) is 0 Å². The molecule has 1 rings (SSSR count). The summed E-state index contributed by atoms with van der Waals surface area (Å²) in [5.74, 6) is 0. The fourth-order valence-corrected chi connectivity index (χ4v) is 1.06. The quantitative estimate of drug-likeness (QED) is 0.453. The molecule has 0 radical (unpaired) electrons. The molecule has 3 heteroatoms. The van der Waals surface area contributed by atoms with Crippen LogP contribution in [-0.2, 0) is 4.74 Å². The Labute approximate surface area is 63.7 Å². The second kappa shape index (κ2) is 2.98. The smallest absolute Gasteiger partial charge is 0.0627 e. The van der Waals surface area contributed by atoms with Crippen molar-refractivity contribution >= 4 is 22.9 Å². The number of rotatable bonds is 0. The molecule has 1 heterocycles. The molecular weight excluding hydrogens is 217 g/mol. The number of hydrogen-bond donors (Lipinski definition) is 0. The van der Waals surface area contributed by atoms with E-state index in [-0.39, 0.29) is 0 Å². The lowest BCUT2D eigenvalue weighted by Crippen LogP contribution is -2.36. The zero-order chi connectivity index (χ0) is 5.98. The van der Waals surface area contributed by atoms with E-state index in [1.54, 1.807) is 0 Å². The minimum absolute atomic E-state index is 0.601. The van der Waals surface area contributed by atoms with E-state index in [9.17, 15) is 0 Å². The van der Waals surface area contributed by atoms with E-state index in [1.807, 2.05) is 0 Å². The highest BCUT2D eigenvalue weighted by atomic mass is 127. The number of nitrogens with zero attached hydrogens (tertiary/aromatic N) is 1. The summed E-state index contributed by atoms with van der Waals surface area (Å²) in [5, 5.41) is 0. The molecule has 0 unspecified atom stereocenters. The van der Waals surface area contributed by atoms with Crippen molar-refractivity contribution in [2.75, 3.05) is 19.8 Å². The Morgan fingerprint density at radius 2 is 2.50 bits per heavy atom. The van der Waals surface area contributed by atoms with Crippen molar-refractivity contribution in [1.82, 2.24) is 3.11 Å². The average molecular weight is 227 g/mol. The Balaban J connectivity index is 2.28. The lowest BCUT2D eigenvalue weighted by molar-refractivity contribution is 0.0515. The first-order valence-corrected chi connectivity index (χ1v) is 3.77. The third-order valence-corrected chi connectivity index (χ3v) is 2.72. The van der Waals surface area contributed by atoms with Gasteiger partial charge in [-0.25, -0.2) is 3.11 Å². The molecule has 0 amide bonds. The van der Waals surface area contributed by atoms with Gasteiger partial charge in [-0.2, -0.15) is 0 Å². The number of halogens is 1. The van der Waals surface area contributed by atoms with Gasteiger partial charge in [0, 0.05) is 35.5 Å². The first-order valence-electron chi connectivity index (χ1n) is 2.81. The lowest BCUT2D eigenvalue weighted by Gasteiger charge is -2.27. The standard InChI is InChI=1S/C5H10INO/c1-5-4-8-3-2-7(5)6/h5H,2-4H2,1H3/t5-/m1/s1. The minimum atomic E-state index is 0.601. The summed E-state index contributed by atoms with van der Waals surface area (Å²) in [7, 11) is 0. The van der Waals surface area contributed by atoms with E-state index in [4.69, 9.17) is 4.74 Å². The zero-order valence-electron chi connectivity index (χ0n) is 4.93. The van der Waals surface area contributed by atoms with Crippen LogP contribution in [0.25, 0.3) is 0 Å². The van der Waals surface area contributed by atoms with Crippen molar-refractivity contribution in [3.8, 4) is 0 Å². The number of morpholine rings is 1. The molecule has 0 N–H and O–H groups in total. The summed E-state index contributed by atoms with van der Waals surface area (Å²) in [6.07, 6.45) is 0. The summed E-state index contributed by atoms with van der Waals surface area (Å²) in [6, 6.07) is 0.601. The van der Waals surface area contributed by atoms with Gasteiger partial charge in [-0.05, 0) is 6.92 Å². The average Bonchev–Trinajstić information content (AvgIpc) is 1.77. The summed E-state index contributed by atoms with van der Waals surface area (Å²) < 4.78 is 7.48. The molecule has 1 aliphatic rings. The maximum atomic E-state index is 5.21. The van der Waals surface area contributed by atoms with Crippen LogP contribution in [0.1, 0.15) is 6.92 Å². The third-order valence-electron chi connectivity index (χ3n) is 1.29. The van der Waals surface area contributed by atoms with Gasteiger partial charge in [0.05, 0.1) is 13.2 Å². The van der Waals surface area contributed by atoms with Crippen LogP contribution in [0.5, 0.6) is 0 Å². The predicted octanol–water partition coefficient (Wildman–Crippen LogP) is 1.06. The second-order valence-electron chi connectivity index (χ2n) is 2.05. The predicted molar refractivity (Wildman–Crippen MR) is 41.0 cm³/mol. The van der Waals surface area contributed by atoms with E-state index in [0.717, 1.165) is 19.8 Å². The Kier molecular flexibility index (Phi) is 2.52. The van der Waals surface area contributed by atoms with Gasteiger partial charge in [-0.15, -0.1) is 0 Å². The van der Waals surface area contributed by atoms with Gasteiger partial charge < -0.3 is 4.74 Å². The highest BCUT2D eigenvalue weighted by Crippen LogP contribution is 2.10. The summed E-state index contributed by atoms with van der Waals surface area (Å²) in [6.45, 7) is 5.03. The molecule has 8 heavy (non-hydrogen) atoms. The van der Waals surface area contributed by atoms with Crippen LogP contribution in [0.3, 0.4) is 0 Å². The van der Waals surface area contributed by atoms with Crippen molar-refractivity contribution in [2.45, 2.75) is 13.0 Å². The van der Waals surface area contributed by atoms with E-state index in [0.29, 0.717) is 6.04 Å². The molecular formula is C5H10INO. The molecule has 48 valence electrons. The molecule has 0 aliphatic carbocycles. The highest BCUT2D eigenvalue weighted by molar-refractivity contribution is 14.1. The van der Waals surface area contributed by atoms with Crippen LogP contribution in [0.15, 0.2) is 0 Å². The third kappa shape index (κ3) is 1.56. The SMILES string of the molecule is C[C@@H]1COCCN1I. The summed E-state index contributed by atoms with van der Waals surface area (Å²) in [5.41, 5.74) is 0. The molecule has 1 aliphatic heterocycles. The first-order chi connectivity index (χ1) is 3.80. The Morgan fingerprint density at radius 3 is 2.88 bits per heavy atom. The minimum Gasteiger partial charge on any atom is -0.378 e. The van der Waals surface area contributed by atoms with Crippen molar-refractivity contribution in [1.29, 1.82) is 0 Å². The van der Waals surface area contributed by atoms with Gasteiger partial charge >= 0.3 is 0 Å². The normalized spacial score (nSPS) is 33.0. The van der Waals surface area contributed by atoms with E-state index < -0.39 is 0 Å². The Hall–Kier alpha value is 0.650. The van der Waals surface area contributed by atoms with Crippen molar-refractivity contribution in [3.63, 3.8) is 0 Å². The van der Waals surface area contributed by atoms with E-state index in [1.165, 1.54) is 0 Å². The van der Waals surface area contributed by atoms with Crippen molar-refractivity contribution in [2.24, 2.45) is 0 Å². The summed E-state index contributed by atoms with van der Waals surface area (Å²) >= 11 is 2.34. The summed E-state index contributed by atoms with van der Waals surface area (Å²) in [4.78, 5) is 0. The maximum Gasteiger partial charge on any atom is 0.0627 e. The van der Waals surface area contributed by atoms with Crippen molar-refractivity contribution < 1.29 is 4.74 Å². The second-order valence-corrected chi connectivity index (χ2v) is 3.29. The van der Waals surface area contributed by atoms with Gasteiger partial charge in [-0.1, -0.05) is 0 Å². The highest BCUT2D eigenvalue weighted by Gasteiger charge is 2.14. The van der Waals surface area contributed by atoms with Crippen LogP contribution in [0.2, 0.25) is 0 Å². The van der Waals surface area contributed by atoms with E-state index >= 15 is 0 Å². The van der Waals surface area contributed by atoms with Gasteiger partial charge in [0.15, 0.2) is 0 Å². The van der Waals surface area contributed by atoms with Gasteiger partial charge in [0.1, 0.15) is 0 Å². The van der Waals surface area contributed by atoms with Crippen LogP contribution in [0, 0.1) is 0 Å². The fraction of sp³-hybridized carbons (Fsp3) is 1.00. The fourth-order valence-electron chi connectivity index (χ4n) is 0.707. The first kappa shape index (κ1) is 6.77. The van der Waals surface area contributed by atoms with Gasteiger partial charge in [0.25, 0.3) is 0 Å². The largest absolute Gasteiger partial charge is 0.378 e. The molecule has 1 fully saturated rings. The topological polar surface area (TPSA) is 12.5 Å². The molecule has 0 aromatic rings. The monoisotopic (exact) mass is 227 g/mol. The lowest BCUT2D eigenvalue weighted by atomic mass is 10.3. The van der Waals surface area contributed by atoms with Crippen LogP contribution < -0.4 is 0 Å². The molecule has 0 aromatic heterocycles.